The molecule has 0 aliphatic carbocycles. The van der Waals surface area contributed by atoms with Crippen LogP contribution in [0.4, 0.5) is 8.78 Å². The molecule has 1 heterocycles. The lowest BCUT2D eigenvalue weighted by Crippen LogP contribution is -2.37. The van der Waals surface area contributed by atoms with Gasteiger partial charge in [0.25, 0.3) is 0 Å². The van der Waals surface area contributed by atoms with Crippen molar-refractivity contribution in [2.75, 3.05) is 11.5 Å². The highest BCUT2D eigenvalue weighted by Crippen LogP contribution is 2.39. The number of para-hydroxylation sites is 1. The van der Waals surface area contributed by atoms with Crippen LogP contribution in [0.5, 0.6) is 5.75 Å². The first-order chi connectivity index (χ1) is 10.9. The van der Waals surface area contributed by atoms with Gasteiger partial charge in [-0.25, -0.2) is 0 Å². The summed E-state index contributed by atoms with van der Waals surface area (Å²) in [5, 5.41) is 11.9. The minimum absolute atomic E-state index is 0.00453. The van der Waals surface area contributed by atoms with Crippen molar-refractivity contribution in [2.24, 2.45) is 5.41 Å². The van der Waals surface area contributed by atoms with Gasteiger partial charge in [-0.3, -0.25) is 9.59 Å². The standard InChI is InChI=1S/C15H17F2NO4S/c16-14(17)22-11-4-2-1-3-10(11)8-18-12(19)7-15(13(20)21)5-6-23-9-15/h1-4,14H,5-9H2,(H,18,19)(H,20,21)/t15-/m1/s1. The molecule has 0 unspecified atom stereocenters. The number of hydrogen-bond acceptors (Lipinski definition) is 4. The van der Waals surface area contributed by atoms with Gasteiger partial charge >= 0.3 is 12.6 Å². The van der Waals surface area contributed by atoms with Crippen molar-refractivity contribution in [1.29, 1.82) is 0 Å². The molecule has 0 spiro atoms. The molecule has 1 aliphatic heterocycles. The van der Waals surface area contributed by atoms with Gasteiger partial charge in [-0.05, 0) is 18.2 Å². The molecule has 126 valence electrons. The third kappa shape index (κ3) is 4.57. The maximum atomic E-state index is 12.3. The second kappa shape index (κ2) is 7.63. The summed E-state index contributed by atoms with van der Waals surface area (Å²) in [5.74, 6) is -0.279. The highest BCUT2D eigenvalue weighted by molar-refractivity contribution is 7.99. The minimum atomic E-state index is -2.95. The van der Waals surface area contributed by atoms with Crippen LogP contribution in [-0.2, 0) is 16.1 Å². The summed E-state index contributed by atoms with van der Waals surface area (Å²) in [6.45, 7) is -2.94. The molecule has 0 aromatic heterocycles. The predicted molar refractivity (Wildman–Crippen MR) is 81.5 cm³/mol. The number of alkyl halides is 2. The van der Waals surface area contributed by atoms with Crippen LogP contribution >= 0.6 is 11.8 Å². The number of ether oxygens (including phenoxy) is 1. The number of rotatable bonds is 7. The summed E-state index contributed by atoms with van der Waals surface area (Å²) >= 11 is 1.51. The van der Waals surface area contributed by atoms with E-state index in [1.807, 2.05) is 0 Å². The minimum Gasteiger partial charge on any atom is -0.481 e. The molecule has 2 rings (SSSR count). The van der Waals surface area contributed by atoms with Gasteiger partial charge in [0.1, 0.15) is 5.75 Å². The average Bonchev–Trinajstić information content (AvgIpc) is 2.95. The monoisotopic (exact) mass is 345 g/mol. The van der Waals surface area contributed by atoms with Gasteiger partial charge in [0.2, 0.25) is 5.91 Å². The topological polar surface area (TPSA) is 75.6 Å². The predicted octanol–water partition coefficient (Wildman–Crippen LogP) is 2.50. The van der Waals surface area contributed by atoms with Crippen molar-refractivity contribution in [2.45, 2.75) is 26.0 Å². The fourth-order valence-electron chi connectivity index (χ4n) is 2.42. The summed E-state index contributed by atoms with van der Waals surface area (Å²) < 4.78 is 29.1. The smallest absolute Gasteiger partial charge is 0.387 e. The average molecular weight is 345 g/mol. The van der Waals surface area contributed by atoms with Gasteiger partial charge < -0.3 is 15.2 Å². The molecule has 2 N–H and O–H groups in total. The maximum Gasteiger partial charge on any atom is 0.387 e. The molecule has 1 aromatic carbocycles. The summed E-state index contributed by atoms with van der Waals surface area (Å²) in [5.41, 5.74) is -0.625. The molecule has 1 fully saturated rings. The van der Waals surface area contributed by atoms with E-state index in [2.05, 4.69) is 10.1 Å². The van der Waals surface area contributed by atoms with E-state index in [9.17, 15) is 23.5 Å². The Hall–Kier alpha value is -1.83. The van der Waals surface area contributed by atoms with Crippen LogP contribution < -0.4 is 10.1 Å². The number of hydrogen-bond donors (Lipinski definition) is 2. The highest BCUT2D eigenvalue weighted by atomic mass is 32.2. The van der Waals surface area contributed by atoms with E-state index in [1.165, 1.54) is 17.8 Å². The van der Waals surface area contributed by atoms with Crippen molar-refractivity contribution >= 4 is 23.6 Å². The van der Waals surface area contributed by atoms with Crippen LogP contribution in [0.15, 0.2) is 24.3 Å². The van der Waals surface area contributed by atoms with Crippen molar-refractivity contribution < 1.29 is 28.2 Å². The first kappa shape index (κ1) is 17.5. The molecule has 1 aromatic rings. The Morgan fingerprint density at radius 3 is 2.74 bits per heavy atom. The number of amides is 1. The Morgan fingerprint density at radius 2 is 2.13 bits per heavy atom. The number of aliphatic carboxylic acids is 1. The molecule has 1 saturated heterocycles. The molecule has 0 saturated carbocycles. The van der Waals surface area contributed by atoms with E-state index in [-0.39, 0.29) is 18.7 Å². The second-order valence-corrected chi connectivity index (χ2v) is 6.43. The van der Waals surface area contributed by atoms with Gasteiger partial charge in [0, 0.05) is 24.3 Å². The van der Waals surface area contributed by atoms with E-state index in [1.54, 1.807) is 18.2 Å². The second-order valence-electron chi connectivity index (χ2n) is 5.33. The maximum absolute atomic E-state index is 12.3. The van der Waals surface area contributed by atoms with Crippen molar-refractivity contribution in [3.05, 3.63) is 29.8 Å². The molecule has 0 radical (unpaired) electrons. The Labute approximate surface area is 136 Å². The molecule has 8 heteroatoms. The number of thioether (sulfide) groups is 1. The van der Waals surface area contributed by atoms with E-state index in [4.69, 9.17) is 0 Å². The van der Waals surface area contributed by atoms with Crippen molar-refractivity contribution in [3.8, 4) is 5.75 Å². The lowest BCUT2D eigenvalue weighted by Gasteiger charge is -2.22. The summed E-state index contributed by atoms with van der Waals surface area (Å²) in [6, 6.07) is 6.15. The Morgan fingerprint density at radius 1 is 1.39 bits per heavy atom. The zero-order chi connectivity index (χ0) is 16.9. The van der Waals surface area contributed by atoms with Gasteiger partial charge in [-0.15, -0.1) is 0 Å². The Balaban J connectivity index is 1.96. The van der Waals surface area contributed by atoms with E-state index in [0.717, 1.165) is 0 Å². The van der Waals surface area contributed by atoms with E-state index < -0.39 is 23.9 Å². The zero-order valence-corrected chi connectivity index (χ0v) is 13.1. The lowest BCUT2D eigenvalue weighted by atomic mass is 9.84. The Bertz CT molecular complexity index is 576. The van der Waals surface area contributed by atoms with Crippen LogP contribution in [0.3, 0.4) is 0 Å². The van der Waals surface area contributed by atoms with E-state index in [0.29, 0.717) is 23.5 Å². The molecule has 0 bridgehead atoms. The summed E-state index contributed by atoms with van der Waals surface area (Å²) in [7, 11) is 0. The number of halogens is 2. The van der Waals surface area contributed by atoms with Crippen LogP contribution in [0, 0.1) is 5.41 Å². The zero-order valence-electron chi connectivity index (χ0n) is 12.3. The molecule has 1 amide bonds. The molecular formula is C15H17F2NO4S. The van der Waals surface area contributed by atoms with Gasteiger partial charge in [-0.2, -0.15) is 20.5 Å². The molecule has 5 nitrogen and oxygen atoms in total. The third-order valence-corrected chi connectivity index (χ3v) is 4.97. The number of carbonyl (C=O) groups is 2. The number of carbonyl (C=O) groups excluding carboxylic acids is 1. The molecule has 23 heavy (non-hydrogen) atoms. The SMILES string of the molecule is O=C(C[C@]1(C(=O)O)CCSC1)NCc1ccccc1OC(F)F. The number of carboxylic acids is 1. The first-order valence-electron chi connectivity index (χ1n) is 7.03. The first-order valence-corrected chi connectivity index (χ1v) is 8.19. The van der Waals surface area contributed by atoms with Crippen molar-refractivity contribution in [1.82, 2.24) is 5.32 Å². The molecule has 1 aliphatic rings. The fourth-order valence-corrected chi connectivity index (χ4v) is 3.86. The van der Waals surface area contributed by atoms with Crippen LogP contribution in [-0.4, -0.2) is 35.1 Å². The normalized spacial score (nSPS) is 20.5. The quantitative estimate of drug-likeness (QED) is 0.794. The summed E-state index contributed by atoms with van der Waals surface area (Å²) in [4.78, 5) is 23.5. The van der Waals surface area contributed by atoms with Crippen LogP contribution in [0.25, 0.3) is 0 Å². The Kier molecular flexibility index (Phi) is 5.81. The van der Waals surface area contributed by atoms with Gasteiger partial charge in [0.05, 0.1) is 5.41 Å². The van der Waals surface area contributed by atoms with Gasteiger partial charge in [-0.1, -0.05) is 18.2 Å². The summed E-state index contributed by atoms with van der Waals surface area (Å²) in [6.07, 6.45) is 0.332. The number of benzene rings is 1. The van der Waals surface area contributed by atoms with Gasteiger partial charge in [0.15, 0.2) is 0 Å². The van der Waals surface area contributed by atoms with Crippen LogP contribution in [0.2, 0.25) is 0 Å². The molecule has 1 atom stereocenters. The highest BCUT2D eigenvalue weighted by Gasteiger charge is 2.43. The largest absolute Gasteiger partial charge is 0.481 e. The third-order valence-electron chi connectivity index (χ3n) is 3.72. The van der Waals surface area contributed by atoms with Crippen molar-refractivity contribution in [3.63, 3.8) is 0 Å². The fraction of sp³-hybridized carbons (Fsp3) is 0.467. The lowest BCUT2D eigenvalue weighted by molar-refractivity contribution is -0.150. The number of carboxylic acid groups (broad SMARTS) is 1. The molecular weight excluding hydrogens is 328 g/mol. The number of nitrogens with one attached hydrogen (secondary N) is 1. The van der Waals surface area contributed by atoms with E-state index >= 15 is 0 Å². The van der Waals surface area contributed by atoms with Crippen LogP contribution in [0.1, 0.15) is 18.4 Å².